The molecule has 1 aliphatic rings. The molecule has 1 N–H and O–H groups in total. The van der Waals surface area contributed by atoms with E-state index < -0.39 is 29.9 Å². The summed E-state index contributed by atoms with van der Waals surface area (Å²) < 4.78 is 81.7. The first-order valence-corrected chi connectivity index (χ1v) is 8.62. The maximum Gasteiger partial charge on any atom is 0.573 e. The molecule has 1 atom stereocenters. The van der Waals surface area contributed by atoms with E-state index in [9.17, 15) is 26.3 Å². The third-order valence-corrected chi connectivity index (χ3v) is 4.51. The van der Waals surface area contributed by atoms with Gasteiger partial charge in [-0.05, 0) is 29.3 Å². The molecule has 1 heterocycles. The van der Waals surface area contributed by atoms with Crippen molar-refractivity contribution >= 4 is 0 Å². The fourth-order valence-corrected chi connectivity index (χ4v) is 3.37. The van der Waals surface area contributed by atoms with E-state index in [1.807, 2.05) is 4.90 Å². The van der Waals surface area contributed by atoms with E-state index in [1.54, 1.807) is 0 Å². The van der Waals surface area contributed by atoms with Gasteiger partial charge < -0.3 is 10.1 Å². The van der Waals surface area contributed by atoms with Crippen LogP contribution < -0.4 is 10.1 Å². The number of hydrogen-bond acceptors (Lipinski definition) is 3. The van der Waals surface area contributed by atoms with Crippen LogP contribution in [0.1, 0.15) is 22.7 Å². The van der Waals surface area contributed by atoms with Crippen molar-refractivity contribution in [2.75, 3.05) is 26.2 Å². The van der Waals surface area contributed by atoms with Crippen molar-refractivity contribution in [3.05, 3.63) is 65.2 Å². The Balaban J connectivity index is 2.02. The largest absolute Gasteiger partial charge is 0.573 e. The molecule has 3 nitrogen and oxygen atoms in total. The van der Waals surface area contributed by atoms with Crippen LogP contribution >= 0.6 is 0 Å². The van der Waals surface area contributed by atoms with E-state index in [4.69, 9.17) is 0 Å². The minimum absolute atomic E-state index is 0.0707. The van der Waals surface area contributed by atoms with Crippen LogP contribution in [0, 0.1) is 0 Å². The smallest absolute Gasteiger partial charge is 0.406 e. The molecule has 28 heavy (non-hydrogen) atoms. The van der Waals surface area contributed by atoms with Gasteiger partial charge in [-0.15, -0.1) is 13.2 Å². The van der Waals surface area contributed by atoms with Crippen LogP contribution in [0.4, 0.5) is 26.3 Å². The molecular weight excluding hydrogens is 386 g/mol. The predicted molar refractivity (Wildman–Crippen MR) is 90.9 cm³/mol. The highest BCUT2D eigenvalue weighted by Gasteiger charge is 2.37. The molecule has 0 radical (unpaired) electrons. The lowest BCUT2D eigenvalue weighted by Gasteiger charge is -2.36. The fourth-order valence-electron chi connectivity index (χ4n) is 3.37. The number of rotatable bonds is 4. The van der Waals surface area contributed by atoms with Gasteiger partial charge in [-0.2, -0.15) is 13.2 Å². The summed E-state index contributed by atoms with van der Waals surface area (Å²) >= 11 is 0. The lowest BCUT2D eigenvalue weighted by Crippen LogP contribution is -2.45. The molecular formula is C19H18F6N2O. The van der Waals surface area contributed by atoms with Gasteiger partial charge in [-0.25, -0.2) is 0 Å². The van der Waals surface area contributed by atoms with Crippen LogP contribution in [0.25, 0.3) is 0 Å². The average Bonchev–Trinajstić information content (AvgIpc) is 2.63. The topological polar surface area (TPSA) is 24.5 Å². The van der Waals surface area contributed by atoms with Crippen molar-refractivity contribution in [2.24, 2.45) is 0 Å². The molecule has 3 rings (SSSR count). The highest BCUT2D eigenvalue weighted by atomic mass is 19.4. The molecule has 9 heteroatoms. The monoisotopic (exact) mass is 404 g/mol. The van der Waals surface area contributed by atoms with Gasteiger partial charge in [0.25, 0.3) is 0 Å². The van der Waals surface area contributed by atoms with Crippen molar-refractivity contribution in [3.63, 3.8) is 0 Å². The third-order valence-electron chi connectivity index (χ3n) is 4.51. The zero-order chi connectivity index (χ0) is 20.4. The van der Waals surface area contributed by atoms with Crippen LogP contribution in [0.5, 0.6) is 5.75 Å². The Bertz CT molecular complexity index is 782. The van der Waals surface area contributed by atoms with Gasteiger partial charge in [-0.1, -0.05) is 30.3 Å². The van der Waals surface area contributed by atoms with Gasteiger partial charge >= 0.3 is 12.5 Å². The molecule has 0 aliphatic carbocycles. The standard InChI is InChI=1S/C19H18F6N2O/c20-18(21,22)16-4-2-1-3-15(16)17(27-11-9-26-10-12-27)13-5-7-14(8-6-13)28-19(23,24)25/h1-8,17,26H,9-12H2/t17-/m1/s1. The number of benzene rings is 2. The Kier molecular flexibility index (Phi) is 5.85. The highest BCUT2D eigenvalue weighted by Crippen LogP contribution is 2.39. The van der Waals surface area contributed by atoms with Gasteiger partial charge in [0, 0.05) is 26.2 Å². The molecule has 0 amide bonds. The second kappa shape index (κ2) is 8.00. The van der Waals surface area contributed by atoms with Gasteiger partial charge in [0.1, 0.15) is 5.75 Å². The van der Waals surface area contributed by atoms with Crippen LogP contribution in [0.3, 0.4) is 0 Å². The first-order valence-electron chi connectivity index (χ1n) is 8.62. The second-order valence-electron chi connectivity index (χ2n) is 6.39. The van der Waals surface area contributed by atoms with E-state index in [0.717, 1.165) is 18.2 Å². The van der Waals surface area contributed by atoms with Gasteiger partial charge in [0.15, 0.2) is 0 Å². The number of halogens is 6. The average molecular weight is 404 g/mol. The van der Waals surface area contributed by atoms with E-state index >= 15 is 0 Å². The zero-order valence-electron chi connectivity index (χ0n) is 14.6. The lowest BCUT2D eigenvalue weighted by molar-refractivity contribution is -0.274. The Labute approximate surface area is 157 Å². The second-order valence-corrected chi connectivity index (χ2v) is 6.39. The Morgan fingerprint density at radius 1 is 0.857 bits per heavy atom. The fraction of sp³-hybridized carbons (Fsp3) is 0.368. The summed E-state index contributed by atoms with van der Waals surface area (Å²) in [6.07, 6.45) is -9.37. The molecule has 1 aliphatic heterocycles. The van der Waals surface area contributed by atoms with Crippen molar-refractivity contribution < 1.29 is 31.1 Å². The molecule has 0 aromatic heterocycles. The molecule has 0 bridgehead atoms. The number of nitrogens with one attached hydrogen (secondary N) is 1. The molecule has 2 aromatic rings. The van der Waals surface area contributed by atoms with Crippen molar-refractivity contribution in [3.8, 4) is 5.75 Å². The number of piperazine rings is 1. The van der Waals surface area contributed by atoms with E-state index in [-0.39, 0.29) is 5.56 Å². The Morgan fingerprint density at radius 2 is 1.46 bits per heavy atom. The number of nitrogens with zero attached hydrogens (tertiary/aromatic N) is 1. The van der Waals surface area contributed by atoms with Crippen molar-refractivity contribution in [2.45, 2.75) is 18.6 Å². The molecule has 0 spiro atoms. The van der Waals surface area contributed by atoms with Gasteiger partial charge in [-0.3, -0.25) is 4.90 Å². The van der Waals surface area contributed by atoms with Crippen LogP contribution in [-0.2, 0) is 6.18 Å². The molecule has 1 fully saturated rings. The molecule has 1 saturated heterocycles. The maximum atomic E-state index is 13.6. The summed E-state index contributed by atoms with van der Waals surface area (Å²) in [5.41, 5.74) is -0.219. The Hall–Kier alpha value is -2.26. The normalized spacial score (nSPS) is 17.4. The first-order chi connectivity index (χ1) is 13.1. The maximum absolute atomic E-state index is 13.6. The summed E-state index contributed by atoms with van der Waals surface area (Å²) in [6, 6.07) is 9.54. The van der Waals surface area contributed by atoms with Crippen molar-refractivity contribution in [1.82, 2.24) is 10.2 Å². The zero-order valence-corrected chi connectivity index (χ0v) is 14.6. The van der Waals surface area contributed by atoms with Crippen LogP contribution in [0.15, 0.2) is 48.5 Å². The quantitative estimate of drug-likeness (QED) is 0.754. The molecule has 2 aromatic carbocycles. The minimum atomic E-state index is -4.83. The SMILES string of the molecule is FC(F)(F)Oc1ccc([C@H](c2ccccc2C(F)(F)F)N2CCNCC2)cc1. The first kappa shape index (κ1) is 20.5. The lowest BCUT2D eigenvalue weighted by atomic mass is 9.92. The van der Waals surface area contributed by atoms with E-state index in [2.05, 4.69) is 10.1 Å². The van der Waals surface area contributed by atoms with Crippen LogP contribution in [0.2, 0.25) is 0 Å². The highest BCUT2D eigenvalue weighted by molar-refractivity contribution is 5.41. The summed E-state index contributed by atoms with van der Waals surface area (Å²) in [4.78, 5) is 1.89. The summed E-state index contributed by atoms with van der Waals surface area (Å²) in [6.45, 7) is 2.25. The van der Waals surface area contributed by atoms with Crippen molar-refractivity contribution in [1.29, 1.82) is 0 Å². The van der Waals surface area contributed by atoms with E-state index in [0.29, 0.717) is 31.7 Å². The number of hydrogen-bond donors (Lipinski definition) is 1. The minimum Gasteiger partial charge on any atom is -0.406 e. The summed E-state index contributed by atoms with van der Waals surface area (Å²) in [5.74, 6) is -0.417. The third kappa shape index (κ3) is 4.96. The molecule has 0 unspecified atom stereocenters. The number of ether oxygens (including phenoxy) is 1. The number of alkyl halides is 6. The molecule has 0 saturated carbocycles. The molecule has 152 valence electrons. The summed E-state index contributed by atoms with van der Waals surface area (Å²) in [5, 5.41) is 3.14. The van der Waals surface area contributed by atoms with Gasteiger partial charge in [0.05, 0.1) is 11.6 Å². The summed E-state index contributed by atoms with van der Waals surface area (Å²) in [7, 11) is 0. The Morgan fingerprint density at radius 3 is 2.04 bits per heavy atom. The van der Waals surface area contributed by atoms with Gasteiger partial charge in [0.2, 0.25) is 0 Å². The van der Waals surface area contributed by atoms with E-state index in [1.165, 1.54) is 30.3 Å². The predicted octanol–water partition coefficient (Wildman–Crippen LogP) is 4.60. The van der Waals surface area contributed by atoms with Crippen LogP contribution in [-0.4, -0.2) is 37.4 Å².